The minimum Gasteiger partial charge on any atom is -0.486 e. The number of nitrogens with zero attached hydrogens (tertiary/aromatic N) is 4. The van der Waals surface area contributed by atoms with Gasteiger partial charge in [-0.1, -0.05) is 49.3 Å². The maximum absolute atomic E-state index is 5.84. The number of hydrogen-bond acceptors (Lipinski definition) is 4. The molecule has 0 fully saturated rings. The van der Waals surface area contributed by atoms with Crippen LogP contribution in [0.5, 0.6) is 0 Å². The van der Waals surface area contributed by atoms with Crippen LogP contribution in [0.2, 0.25) is 19.6 Å². The molecule has 4 aromatic heterocycles. The van der Waals surface area contributed by atoms with E-state index in [1.54, 1.807) is 0 Å². The normalized spacial score (nSPS) is 11.3. The van der Waals surface area contributed by atoms with Crippen LogP contribution in [0.15, 0.2) is 95.5 Å². The SMILES string of the molecule is C[Si](C)(C)c1ccc(-c2[c-]cccc2)nc1.Cc1ccc2c(n1)oc1c[c-]c(-c3nc4ccccc4n3C)cc12.[Ir]. The van der Waals surface area contributed by atoms with E-state index < -0.39 is 8.07 Å². The van der Waals surface area contributed by atoms with Gasteiger partial charge in [-0.25, -0.2) is 4.98 Å². The van der Waals surface area contributed by atoms with Crippen molar-refractivity contribution >= 4 is 46.4 Å². The van der Waals surface area contributed by atoms with E-state index in [9.17, 15) is 0 Å². The number of rotatable bonds is 3. The third kappa shape index (κ3) is 5.80. The summed E-state index contributed by atoms with van der Waals surface area (Å²) in [7, 11) is 0.799. The third-order valence-electron chi connectivity index (χ3n) is 7.05. The largest absolute Gasteiger partial charge is 0.486 e. The van der Waals surface area contributed by atoms with Crippen LogP contribution in [0.1, 0.15) is 5.69 Å². The molecule has 4 heterocycles. The molecule has 0 spiro atoms. The average molecular weight is 731 g/mol. The Kier molecular flexibility index (Phi) is 8.05. The predicted octanol–water partition coefficient (Wildman–Crippen LogP) is 7.73. The van der Waals surface area contributed by atoms with Crippen LogP contribution in [-0.2, 0) is 27.2 Å². The van der Waals surface area contributed by atoms with Crippen LogP contribution in [0.3, 0.4) is 0 Å². The van der Waals surface area contributed by atoms with Crippen molar-refractivity contribution in [3.63, 3.8) is 0 Å². The summed E-state index contributed by atoms with van der Waals surface area (Å²) in [4.78, 5) is 13.7. The molecule has 0 saturated heterocycles. The van der Waals surface area contributed by atoms with Gasteiger partial charge in [0.15, 0.2) is 0 Å². The number of fused-ring (bicyclic) bond motifs is 4. The molecule has 0 unspecified atom stereocenters. The van der Waals surface area contributed by atoms with Crippen LogP contribution in [-0.4, -0.2) is 27.6 Å². The quantitative estimate of drug-likeness (QED) is 0.138. The van der Waals surface area contributed by atoms with Crippen LogP contribution in [0, 0.1) is 19.1 Å². The van der Waals surface area contributed by atoms with Crippen molar-refractivity contribution < 1.29 is 24.5 Å². The van der Waals surface area contributed by atoms with Crippen molar-refractivity contribution in [1.82, 2.24) is 19.5 Å². The Bertz CT molecular complexity index is 1960. The number of para-hydroxylation sites is 2. The second-order valence-electron chi connectivity index (χ2n) is 11.0. The molecule has 7 rings (SSSR count). The Morgan fingerprint density at radius 3 is 2.34 bits per heavy atom. The third-order valence-corrected chi connectivity index (χ3v) is 9.08. The molecular formula is C34H30IrN4OSi-2. The van der Waals surface area contributed by atoms with E-state index in [-0.39, 0.29) is 20.1 Å². The minimum atomic E-state index is -1.23. The minimum absolute atomic E-state index is 0. The molecule has 0 amide bonds. The van der Waals surface area contributed by atoms with Gasteiger partial charge in [0, 0.05) is 44.4 Å². The molecule has 0 saturated carbocycles. The summed E-state index contributed by atoms with van der Waals surface area (Å²) >= 11 is 0. The number of aryl methyl sites for hydroxylation is 2. The first-order valence-electron chi connectivity index (χ1n) is 13.3. The summed E-state index contributed by atoms with van der Waals surface area (Å²) in [5.41, 5.74) is 7.51. The molecule has 7 aromatic rings. The van der Waals surface area contributed by atoms with E-state index in [2.05, 4.69) is 76.6 Å². The zero-order valence-corrected chi connectivity index (χ0v) is 27.1. The molecule has 7 heteroatoms. The molecule has 0 aliphatic rings. The fourth-order valence-corrected chi connectivity index (χ4v) is 5.79. The first kappa shape index (κ1) is 28.6. The second kappa shape index (κ2) is 11.5. The standard InChI is InChI=1S/C20H14N3O.C14H16NSi.Ir/c1-12-7-9-14-15-11-13(8-10-18(15)24-20(14)21-12)19-22-16-5-3-4-6-17(16)23(19)2;1-16(2,3)13-9-10-14(15-11-13)12-7-5-4-6-8-12;/h3-7,9-11H,1-2H3;4-7,9-11H,1-3H3;/q2*-1;. The summed E-state index contributed by atoms with van der Waals surface area (Å²) in [5.74, 6) is 0.896. The first-order chi connectivity index (χ1) is 19.3. The van der Waals surface area contributed by atoms with Gasteiger partial charge in [-0.3, -0.25) is 4.98 Å². The monoisotopic (exact) mass is 731 g/mol. The molecule has 41 heavy (non-hydrogen) atoms. The number of imidazole rings is 1. The van der Waals surface area contributed by atoms with Crippen LogP contribution < -0.4 is 5.19 Å². The van der Waals surface area contributed by atoms with Crippen molar-refractivity contribution in [2.45, 2.75) is 26.6 Å². The van der Waals surface area contributed by atoms with E-state index in [0.717, 1.165) is 55.7 Å². The predicted molar refractivity (Wildman–Crippen MR) is 166 cm³/mol. The number of benzene rings is 3. The van der Waals surface area contributed by atoms with Gasteiger partial charge in [-0.2, -0.15) is 0 Å². The van der Waals surface area contributed by atoms with Crippen molar-refractivity contribution in [3.05, 3.63) is 109 Å². The maximum atomic E-state index is 5.84. The molecule has 0 aliphatic heterocycles. The van der Waals surface area contributed by atoms with Gasteiger partial charge in [0.05, 0.1) is 30.5 Å². The van der Waals surface area contributed by atoms with Crippen molar-refractivity contribution in [2.24, 2.45) is 7.05 Å². The van der Waals surface area contributed by atoms with Gasteiger partial charge in [0.2, 0.25) is 5.71 Å². The molecular weight excluding hydrogens is 701 g/mol. The summed E-state index contributed by atoms with van der Waals surface area (Å²) in [6.45, 7) is 8.96. The van der Waals surface area contributed by atoms with Crippen molar-refractivity contribution in [3.8, 4) is 22.6 Å². The van der Waals surface area contributed by atoms with E-state index >= 15 is 0 Å². The molecule has 207 valence electrons. The molecule has 0 bridgehead atoms. The van der Waals surface area contributed by atoms with Gasteiger partial charge >= 0.3 is 0 Å². The van der Waals surface area contributed by atoms with Crippen molar-refractivity contribution in [1.29, 1.82) is 0 Å². The van der Waals surface area contributed by atoms with Crippen LogP contribution in [0.4, 0.5) is 0 Å². The summed E-state index contributed by atoms with van der Waals surface area (Å²) in [6.07, 6.45) is 2.02. The van der Waals surface area contributed by atoms with E-state index in [0.29, 0.717) is 5.71 Å². The van der Waals surface area contributed by atoms with Gasteiger partial charge in [0.1, 0.15) is 0 Å². The molecule has 1 radical (unpaired) electrons. The summed E-state index contributed by atoms with van der Waals surface area (Å²) < 4.78 is 7.94. The Balaban J connectivity index is 0.000000175. The van der Waals surface area contributed by atoms with Gasteiger partial charge in [-0.15, -0.1) is 59.7 Å². The molecule has 0 aliphatic carbocycles. The Hall–Kier alpha value is -3.90. The zero-order valence-electron chi connectivity index (χ0n) is 23.7. The van der Waals surface area contributed by atoms with E-state index in [1.807, 2.05) is 74.8 Å². The second-order valence-corrected chi connectivity index (χ2v) is 16.1. The fourth-order valence-electron chi connectivity index (χ4n) is 4.76. The number of pyridine rings is 2. The molecule has 5 nitrogen and oxygen atoms in total. The number of hydrogen-bond donors (Lipinski definition) is 0. The van der Waals surface area contributed by atoms with E-state index in [4.69, 9.17) is 9.40 Å². The Morgan fingerprint density at radius 1 is 0.829 bits per heavy atom. The number of aromatic nitrogens is 4. The molecule has 0 atom stereocenters. The summed E-state index contributed by atoms with van der Waals surface area (Å²) in [5, 5.41) is 3.45. The van der Waals surface area contributed by atoms with Gasteiger partial charge < -0.3 is 14.0 Å². The smallest absolute Gasteiger partial charge is 0.216 e. The zero-order chi connectivity index (χ0) is 27.9. The molecule has 0 N–H and O–H groups in total. The number of furan rings is 1. The van der Waals surface area contributed by atoms with Crippen LogP contribution in [0.25, 0.3) is 55.7 Å². The van der Waals surface area contributed by atoms with Gasteiger partial charge in [0.25, 0.3) is 0 Å². The summed E-state index contributed by atoms with van der Waals surface area (Å²) in [6, 6.07) is 34.9. The fraction of sp³-hybridized carbons (Fsp3) is 0.147. The average Bonchev–Trinajstić information content (AvgIpc) is 3.50. The topological polar surface area (TPSA) is 56.7 Å². The van der Waals surface area contributed by atoms with Crippen molar-refractivity contribution in [2.75, 3.05) is 0 Å². The first-order valence-corrected chi connectivity index (χ1v) is 16.8. The Morgan fingerprint density at radius 2 is 1.63 bits per heavy atom. The maximum Gasteiger partial charge on any atom is 0.216 e. The molecule has 3 aromatic carbocycles. The van der Waals surface area contributed by atoms with Gasteiger partial charge in [-0.05, 0) is 42.1 Å². The van der Waals surface area contributed by atoms with E-state index in [1.165, 1.54) is 5.19 Å². The Labute approximate surface area is 254 Å². The van der Waals surface area contributed by atoms with Crippen LogP contribution >= 0.6 is 0 Å².